The van der Waals surface area contributed by atoms with Gasteiger partial charge in [-0.3, -0.25) is 0 Å². The Morgan fingerprint density at radius 3 is 2.42 bits per heavy atom. The van der Waals surface area contributed by atoms with Crippen molar-refractivity contribution in [3.8, 4) is 0 Å². The van der Waals surface area contributed by atoms with E-state index in [-0.39, 0.29) is 5.82 Å². The van der Waals surface area contributed by atoms with Crippen molar-refractivity contribution in [2.75, 3.05) is 0 Å². The normalized spacial score (nSPS) is 14.1. The maximum atomic E-state index is 14.2. The third-order valence-electron chi connectivity index (χ3n) is 5.58. The van der Waals surface area contributed by atoms with Crippen LogP contribution in [0.15, 0.2) is 65.6 Å². The number of allylic oxidation sites excluding steroid dienone is 2. The molecular weight excluding hydrogens is 466 g/mol. The maximum absolute atomic E-state index is 14.2. The number of benzene rings is 2. The number of thioether (sulfide) groups is 1. The summed E-state index contributed by atoms with van der Waals surface area (Å²) < 4.78 is 52.7. The second-order valence-corrected chi connectivity index (χ2v) is 9.53. The summed E-state index contributed by atoms with van der Waals surface area (Å²) >= 11 is 6.76. The van der Waals surface area contributed by atoms with Gasteiger partial charge in [-0.2, -0.15) is 13.2 Å². The molecule has 3 aromatic rings. The summed E-state index contributed by atoms with van der Waals surface area (Å²) in [5, 5.41) is 0. The fraction of sp³-hybridized carbons (Fsp3) is 0.231. The molecule has 0 N–H and O–H groups in total. The van der Waals surface area contributed by atoms with E-state index in [1.807, 2.05) is 25.1 Å². The molecule has 1 aromatic heterocycles. The Morgan fingerprint density at radius 1 is 1.00 bits per heavy atom. The number of pyridine rings is 1. The molecule has 4 rings (SSSR count). The molecule has 1 aliphatic rings. The lowest BCUT2D eigenvalue weighted by atomic mass is 9.99. The Labute approximate surface area is 199 Å². The van der Waals surface area contributed by atoms with Crippen LogP contribution in [-0.4, -0.2) is 9.85 Å². The van der Waals surface area contributed by atoms with Crippen LogP contribution >= 0.6 is 24.0 Å². The first-order valence-electron chi connectivity index (χ1n) is 10.5. The first-order valence-corrected chi connectivity index (χ1v) is 11.9. The molecule has 0 atom stereocenters. The minimum absolute atomic E-state index is 0.320. The van der Waals surface area contributed by atoms with E-state index in [4.69, 9.17) is 17.2 Å². The highest BCUT2D eigenvalue weighted by Gasteiger charge is 2.30. The van der Waals surface area contributed by atoms with Crippen LogP contribution in [0.5, 0.6) is 0 Å². The Hall–Kier alpha value is -2.51. The quantitative estimate of drug-likeness (QED) is 0.150. The highest BCUT2D eigenvalue weighted by Crippen LogP contribution is 2.43. The molecule has 7 heteroatoms. The molecule has 1 heterocycles. The van der Waals surface area contributed by atoms with Gasteiger partial charge in [0, 0.05) is 15.5 Å². The fourth-order valence-corrected chi connectivity index (χ4v) is 5.07. The number of nitrogens with zero attached hydrogens (tertiary/aromatic N) is 1. The number of hydrogen-bond donors (Lipinski definition) is 0. The van der Waals surface area contributed by atoms with Crippen molar-refractivity contribution in [1.82, 2.24) is 4.98 Å². The van der Waals surface area contributed by atoms with Gasteiger partial charge in [0.05, 0.1) is 17.0 Å². The van der Waals surface area contributed by atoms with Gasteiger partial charge in [-0.05, 0) is 90.9 Å². The molecular formula is C26H21F4NS2. The van der Waals surface area contributed by atoms with E-state index in [1.54, 1.807) is 12.1 Å². The van der Waals surface area contributed by atoms with Crippen molar-refractivity contribution in [2.24, 2.45) is 0 Å². The lowest BCUT2D eigenvalue weighted by Gasteiger charge is -2.14. The minimum atomic E-state index is -4.35. The van der Waals surface area contributed by atoms with Gasteiger partial charge in [0.15, 0.2) is 0 Å². The minimum Gasteiger partial charge on any atom is -0.248 e. The van der Waals surface area contributed by atoms with Gasteiger partial charge in [0.1, 0.15) is 5.82 Å². The first-order chi connectivity index (χ1) is 15.7. The molecule has 1 aliphatic carbocycles. The molecule has 0 saturated carbocycles. The van der Waals surface area contributed by atoms with E-state index in [0.29, 0.717) is 5.75 Å². The molecule has 2 aromatic carbocycles. The first kappa shape index (κ1) is 23.6. The molecule has 0 saturated heterocycles. The van der Waals surface area contributed by atoms with E-state index in [1.165, 1.54) is 30.0 Å². The monoisotopic (exact) mass is 487 g/mol. The van der Waals surface area contributed by atoms with Crippen LogP contribution in [0.1, 0.15) is 54.3 Å². The van der Waals surface area contributed by atoms with Gasteiger partial charge < -0.3 is 0 Å². The molecule has 0 fully saturated rings. The number of halogens is 4. The summed E-state index contributed by atoms with van der Waals surface area (Å²) in [6.45, 7) is 1.84. The smallest absolute Gasteiger partial charge is 0.248 e. The lowest BCUT2D eigenvalue weighted by Crippen LogP contribution is -2.04. The van der Waals surface area contributed by atoms with E-state index < -0.39 is 11.7 Å². The summed E-state index contributed by atoms with van der Waals surface area (Å²) in [4.78, 5) is 6.33. The predicted molar refractivity (Wildman–Crippen MR) is 130 cm³/mol. The van der Waals surface area contributed by atoms with E-state index in [2.05, 4.69) is 0 Å². The largest absolute Gasteiger partial charge is 0.416 e. The topological polar surface area (TPSA) is 12.9 Å². The van der Waals surface area contributed by atoms with Crippen molar-refractivity contribution < 1.29 is 17.6 Å². The summed E-state index contributed by atoms with van der Waals surface area (Å²) in [6, 6.07) is 15.6. The Kier molecular flexibility index (Phi) is 7.00. The van der Waals surface area contributed by atoms with Crippen LogP contribution in [0, 0.1) is 5.82 Å². The zero-order chi connectivity index (χ0) is 23.6. The van der Waals surface area contributed by atoms with Gasteiger partial charge in [-0.1, -0.05) is 30.4 Å². The highest BCUT2D eigenvalue weighted by molar-refractivity contribution is 7.98. The van der Waals surface area contributed by atoms with Gasteiger partial charge in [-0.15, -0.1) is 11.8 Å². The average molecular weight is 488 g/mol. The Bertz CT molecular complexity index is 1210. The molecule has 0 spiro atoms. The summed E-state index contributed by atoms with van der Waals surface area (Å²) in [6.07, 6.45) is -1.74. The van der Waals surface area contributed by atoms with Crippen LogP contribution < -0.4 is 0 Å². The van der Waals surface area contributed by atoms with Crippen molar-refractivity contribution in [3.05, 3.63) is 94.6 Å². The highest BCUT2D eigenvalue weighted by atomic mass is 32.2. The molecule has 33 heavy (non-hydrogen) atoms. The number of hydrogen-bond acceptors (Lipinski definition) is 3. The summed E-state index contributed by atoms with van der Waals surface area (Å²) in [5.41, 5.74) is 4.71. The van der Waals surface area contributed by atoms with Crippen molar-refractivity contribution in [1.29, 1.82) is 0 Å². The van der Waals surface area contributed by atoms with Crippen LogP contribution in [0.3, 0.4) is 0 Å². The van der Waals surface area contributed by atoms with Crippen molar-refractivity contribution >= 4 is 40.0 Å². The number of aromatic nitrogens is 1. The predicted octanol–water partition coefficient (Wildman–Crippen LogP) is 8.36. The Morgan fingerprint density at radius 2 is 1.73 bits per heavy atom. The third-order valence-corrected chi connectivity index (χ3v) is 6.93. The van der Waals surface area contributed by atoms with Gasteiger partial charge in [-0.25, -0.2) is 9.37 Å². The second kappa shape index (κ2) is 9.77. The van der Waals surface area contributed by atoms with Gasteiger partial charge >= 0.3 is 6.18 Å². The zero-order valence-corrected chi connectivity index (χ0v) is 19.5. The van der Waals surface area contributed by atoms with Crippen LogP contribution in [0.4, 0.5) is 17.6 Å². The van der Waals surface area contributed by atoms with Gasteiger partial charge in [0.25, 0.3) is 0 Å². The fourth-order valence-electron chi connectivity index (χ4n) is 3.94. The van der Waals surface area contributed by atoms with E-state index in [0.717, 1.165) is 74.8 Å². The zero-order valence-electron chi connectivity index (χ0n) is 17.9. The maximum Gasteiger partial charge on any atom is 0.416 e. The van der Waals surface area contributed by atoms with Crippen molar-refractivity contribution in [3.63, 3.8) is 0 Å². The van der Waals surface area contributed by atoms with Crippen LogP contribution in [0.2, 0.25) is 0 Å². The standard InChI is InChI=1S/C26H21F4NS2/c1-16(32)23-6-3-7-24(31-23)21-5-2-4-20(21)22-14-19(27)12-13-25(22)33-15-17-8-10-18(11-9-17)26(28,29)30/h3,6-14H,2,4-5,15H2,1H3. The third kappa shape index (κ3) is 5.53. The molecule has 0 aliphatic heterocycles. The van der Waals surface area contributed by atoms with Crippen LogP contribution in [0.25, 0.3) is 11.1 Å². The molecule has 1 nitrogen and oxygen atoms in total. The SMILES string of the molecule is CC(=S)c1cccc(C2=C(c3cc(F)ccc3SCc3ccc(C(F)(F)F)cc3)CCC2)n1. The average Bonchev–Trinajstić information content (AvgIpc) is 3.28. The van der Waals surface area contributed by atoms with Crippen LogP contribution in [-0.2, 0) is 11.9 Å². The Balaban J connectivity index is 1.65. The van der Waals surface area contributed by atoms with E-state index in [9.17, 15) is 17.6 Å². The molecule has 0 unspecified atom stereocenters. The number of thiocarbonyl (C=S) groups is 1. The molecule has 0 radical (unpaired) electrons. The number of alkyl halides is 3. The summed E-state index contributed by atoms with van der Waals surface area (Å²) in [7, 11) is 0. The van der Waals surface area contributed by atoms with Gasteiger partial charge in [0.2, 0.25) is 0 Å². The molecule has 170 valence electrons. The number of rotatable bonds is 6. The molecule has 0 amide bonds. The molecule has 0 bridgehead atoms. The second-order valence-electron chi connectivity index (χ2n) is 7.90. The van der Waals surface area contributed by atoms with E-state index >= 15 is 0 Å². The van der Waals surface area contributed by atoms with Crippen molar-refractivity contribution in [2.45, 2.75) is 43.0 Å². The summed E-state index contributed by atoms with van der Waals surface area (Å²) in [5.74, 6) is 0.163. The lowest BCUT2D eigenvalue weighted by molar-refractivity contribution is -0.137.